The van der Waals surface area contributed by atoms with E-state index in [0.717, 1.165) is 31.1 Å². The van der Waals surface area contributed by atoms with Gasteiger partial charge < -0.3 is 14.5 Å². The molecule has 30 heavy (non-hydrogen) atoms. The molecule has 4 nitrogen and oxygen atoms in total. The first-order valence-electron chi connectivity index (χ1n) is 10.4. The number of nitrogens with zero attached hydrogens (tertiary/aromatic N) is 2. The Morgan fingerprint density at radius 1 is 0.967 bits per heavy atom. The number of alkyl halides is 3. The summed E-state index contributed by atoms with van der Waals surface area (Å²) >= 11 is 0. The molecule has 0 saturated carbocycles. The van der Waals surface area contributed by atoms with Crippen molar-refractivity contribution in [2.45, 2.75) is 31.9 Å². The molecule has 1 saturated heterocycles. The van der Waals surface area contributed by atoms with Gasteiger partial charge in [-0.25, -0.2) is 0 Å². The molecule has 7 heteroatoms. The predicted octanol–water partition coefficient (Wildman–Crippen LogP) is 4.31. The van der Waals surface area contributed by atoms with E-state index >= 15 is 0 Å². The van der Waals surface area contributed by atoms with Gasteiger partial charge in [-0.3, -0.25) is 4.79 Å². The van der Waals surface area contributed by atoms with Crippen LogP contribution in [0.15, 0.2) is 42.5 Å². The predicted molar refractivity (Wildman–Crippen MR) is 109 cm³/mol. The summed E-state index contributed by atoms with van der Waals surface area (Å²) in [4.78, 5) is 16.2. The Balaban J connectivity index is 1.32. The SMILES string of the molecule is O=C(COc1cccc2c1CCCC2)N1CCN(c2cccc(C(F)(F)F)c2)CC1. The maximum atomic E-state index is 12.9. The minimum atomic E-state index is -4.36. The van der Waals surface area contributed by atoms with Crippen LogP contribution in [0.25, 0.3) is 0 Å². The second-order valence-corrected chi connectivity index (χ2v) is 7.81. The number of hydrogen-bond acceptors (Lipinski definition) is 3. The van der Waals surface area contributed by atoms with Gasteiger partial charge in [0.15, 0.2) is 6.61 Å². The lowest BCUT2D eigenvalue weighted by molar-refractivity contribution is -0.137. The molecule has 1 aliphatic heterocycles. The molecule has 4 rings (SSSR count). The van der Waals surface area contributed by atoms with Crippen molar-refractivity contribution in [2.75, 3.05) is 37.7 Å². The molecule has 0 N–H and O–H groups in total. The second kappa shape index (κ2) is 8.58. The molecule has 1 fully saturated rings. The van der Waals surface area contributed by atoms with E-state index in [9.17, 15) is 18.0 Å². The summed E-state index contributed by atoms with van der Waals surface area (Å²) in [6.45, 7) is 1.90. The van der Waals surface area contributed by atoms with Crippen LogP contribution in [-0.4, -0.2) is 43.6 Å². The van der Waals surface area contributed by atoms with Crippen molar-refractivity contribution in [2.24, 2.45) is 0 Å². The summed E-state index contributed by atoms with van der Waals surface area (Å²) in [5.74, 6) is 0.704. The lowest BCUT2D eigenvalue weighted by Gasteiger charge is -2.36. The van der Waals surface area contributed by atoms with Crippen LogP contribution >= 0.6 is 0 Å². The average molecular weight is 418 g/mol. The number of carbonyl (C=O) groups excluding carboxylic acids is 1. The Kier molecular flexibility index (Phi) is 5.88. The molecule has 1 aliphatic carbocycles. The molecule has 160 valence electrons. The number of piperazine rings is 1. The molecule has 0 radical (unpaired) electrons. The zero-order valence-corrected chi connectivity index (χ0v) is 16.8. The molecule has 0 aromatic heterocycles. The van der Waals surface area contributed by atoms with Crippen molar-refractivity contribution < 1.29 is 22.7 Å². The second-order valence-electron chi connectivity index (χ2n) is 7.81. The third kappa shape index (κ3) is 4.55. The zero-order valence-electron chi connectivity index (χ0n) is 16.8. The highest BCUT2D eigenvalue weighted by atomic mass is 19.4. The summed E-state index contributed by atoms with van der Waals surface area (Å²) < 4.78 is 44.7. The lowest BCUT2D eigenvalue weighted by atomic mass is 9.91. The van der Waals surface area contributed by atoms with Crippen LogP contribution in [0.4, 0.5) is 18.9 Å². The number of benzene rings is 2. The number of hydrogen-bond donors (Lipinski definition) is 0. The Hall–Kier alpha value is -2.70. The summed E-state index contributed by atoms with van der Waals surface area (Å²) in [5, 5.41) is 0. The molecule has 0 spiro atoms. The number of rotatable bonds is 4. The van der Waals surface area contributed by atoms with Crippen molar-refractivity contribution in [1.29, 1.82) is 0 Å². The first-order chi connectivity index (χ1) is 14.4. The van der Waals surface area contributed by atoms with Crippen molar-refractivity contribution >= 4 is 11.6 Å². The quantitative estimate of drug-likeness (QED) is 0.742. The fraction of sp³-hybridized carbons (Fsp3) is 0.435. The minimum Gasteiger partial charge on any atom is -0.483 e. The number of amides is 1. The first-order valence-corrected chi connectivity index (χ1v) is 10.4. The number of anilines is 1. The number of ether oxygens (including phenoxy) is 1. The van der Waals surface area contributed by atoms with Gasteiger partial charge in [0.2, 0.25) is 0 Å². The fourth-order valence-electron chi connectivity index (χ4n) is 4.21. The largest absolute Gasteiger partial charge is 0.483 e. The van der Waals surface area contributed by atoms with Crippen LogP contribution in [-0.2, 0) is 23.8 Å². The van der Waals surface area contributed by atoms with Crippen LogP contribution in [0.1, 0.15) is 29.5 Å². The Morgan fingerprint density at radius 3 is 2.47 bits per heavy atom. The van der Waals surface area contributed by atoms with E-state index in [4.69, 9.17) is 4.74 Å². The van der Waals surface area contributed by atoms with Gasteiger partial charge in [0.25, 0.3) is 5.91 Å². The highest BCUT2D eigenvalue weighted by Crippen LogP contribution is 2.32. The standard InChI is InChI=1S/C23H25F3N2O2/c24-23(25,26)18-7-4-8-19(15-18)27-11-13-28(14-12-27)22(29)16-30-21-10-3-6-17-5-1-2-9-20(17)21/h3-4,6-8,10,15H,1-2,5,9,11-14,16H2. The van der Waals surface area contributed by atoms with Crippen LogP contribution in [0.5, 0.6) is 5.75 Å². The molecular weight excluding hydrogens is 393 g/mol. The van der Waals surface area contributed by atoms with E-state index in [1.807, 2.05) is 17.0 Å². The highest BCUT2D eigenvalue weighted by Gasteiger charge is 2.31. The number of aryl methyl sites for hydroxylation is 1. The van der Waals surface area contributed by atoms with Gasteiger partial charge in [0.1, 0.15) is 5.75 Å². The molecular formula is C23H25F3N2O2. The van der Waals surface area contributed by atoms with Gasteiger partial charge in [-0.2, -0.15) is 13.2 Å². The Morgan fingerprint density at radius 2 is 1.70 bits per heavy atom. The summed E-state index contributed by atoms with van der Waals surface area (Å²) in [5.41, 5.74) is 2.40. The number of carbonyl (C=O) groups is 1. The third-order valence-electron chi connectivity index (χ3n) is 5.88. The molecule has 0 unspecified atom stereocenters. The maximum Gasteiger partial charge on any atom is 0.416 e. The minimum absolute atomic E-state index is 0.0139. The summed E-state index contributed by atoms with van der Waals surface area (Å²) in [6, 6.07) is 11.3. The first kappa shape index (κ1) is 20.6. The van der Waals surface area contributed by atoms with Crippen molar-refractivity contribution in [3.8, 4) is 5.75 Å². The zero-order chi connectivity index (χ0) is 21.1. The third-order valence-corrected chi connectivity index (χ3v) is 5.88. The number of halogens is 3. The molecule has 2 aromatic rings. The smallest absolute Gasteiger partial charge is 0.416 e. The molecule has 0 bridgehead atoms. The van der Waals surface area contributed by atoms with E-state index in [1.165, 1.54) is 29.7 Å². The molecule has 1 amide bonds. The average Bonchev–Trinajstić information content (AvgIpc) is 2.77. The van der Waals surface area contributed by atoms with Crippen LogP contribution in [0, 0.1) is 0 Å². The topological polar surface area (TPSA) is 32.8 Å². The van der Waals surface area contributed by atoms with Crippen LogP contribution in [0.3, 0.4) is 0 Å². The summed E-state index contributed by atoms with van der Waals surface area (Å²) in [6.07, 6.45) is -0.000531. The van der Waals surface area contributed by atoms with Gasteiger partial charge in [-0.05, 0) is 61.1 Å². The number of fused-ring (bicyclic) bond motifs is 1. The van der Waals surface area contributed by atoms with Crippen LogP contribution in [0.2, 0.25) is 0 Å². The van der Waals surface area contributed by atoms with Gasteiger partial charge in [-0.15, -0.1) is 0 Å². The normalized spacial score (nSPS) is 16.9. The molecule has 1 heterocycles. The Labute approximate surface area is 174 Å². The van der Waals surface area contributed by atoms with E-state index < -0.39 is 11.7 Å². The van der Waals surface area contributed by atoms with Crippen molar-refractivity contribution in [3.05, 3.63) is 59.2 Å². The van der Waals surface area contributed by atoms with E-state index in [0.29, 0.717) is 31.9 Å². The monoisotopic (exact) mass is 418 g/mol. The van der Waals surface area contributed by atoms with E-state index in [1.54, 1.807) is 11.0 Å². The molecule has 2 aromatic carbocycles. The molecule has 2 aliphatic rings. The maximum absolute atomic E-state index is 12.9. The van der Waals surface area contributed by atoms with Crippen molar-refractivity contribution in [1.82, 2.24) is 4.90 Å². The Bertz CT molecular complexity index is 906. The summed E-state index contributed by atoms with van der Waals surface area (Å²) in [7, 11) is 0. The van der Waals surface area contributed by atoms with Crippen LogP contribution < -0.4 is 9.64 Å². The van der Waals surface area contributed by atoms with Gasteiger partial charge >= 0.3 is 6.18 Å². The van der Waals surface area contributed by atoms with Gasteiger partial charge in [-0.1, -0.05) is 18.2 Å². The van der Waals surface area contributed by atoms with Gasteiger partial charge in [0, 0.05) is 31.9 Å². The molecule has 0 atom stereocenters. The van der Waals surface area contributed by atoms with Gasteiger partial charge in [0.05, 0.1) is 5.56 Å². The highest BCUT2D eigenvalue weighted by molar-refractivity contribution is 5.78. The van der Waals surface area contributed by atoms with Crippen molar-refractivity contribution in [3.63, 3.8) is 0 Å². The van der Waals surface area contributed by atoms with E-state index in [-0.39, 0.29) is 12.5 Å². The van der Waals surface area contributed by atoms with E-state index in [2.05, 4.69) is 6.07 Å². The lowest BCUT2D eigenvalue weighted by Crippen LogP contribution is -2.50. The fourth-order valence-corrected chi connectivity index (χ4v) is 4.21.